The fraction of sp³-hybridized carbons (Fsp3) is 0.588. The van der Waals surface area contributed by atoms with Gasteiger partial charge in [0.05, 0.1) is 0 Å². The van der Waals surface area contributed by atoms with Gasteiger partial charge >= 0.3 is 6.09 Å². The van der Waals surface area contributed by atoms with Gasteiger partial charge in [0, 0.05) is 38.3 Å². The molecule has 0 saturated carbocycles. The van der Waals surface area contributed by atoms with E-state index in [-0.39, 0.29) is 6.09 Å². The number of carbonyl (C=O) groups excluding carboxylic acids is 1. The van der Waals surface area contributed by atoms with Crippen LogP contribution in [0, 0.1) is 0 Å². The van der Waals surface area contributed by atoms with E-state index < -0.39 is 5.60 Å². The van der Waals surface area contributed by atoms with Gasteiger partial charge in [0.15, 0.2) is 0 Å². The van der Waals surface area contributed by atoms with Crippen molar-refractivity contribution < 1.29 is 9.53 Å². The zero-order chi connectivity index (χ0) is 15.2. The van der Waals surface area contributed by atoms with E-state index in [4.69, 9.17) is 4.74 Å². The number of benzene rings is 1. The van der Waals surface area contributed by atoms with Crippen LogP contribution in [0.2, 0.25) is 0 Å². The van der Waals surface area contributed by atoms with E-state index in [0.29, 0.717) is 5.92 Å². The molecule has 1 atom stereocenters. The monoisotopic (exact) mass is 288 g/mol. The molecule has 0 radical (unpaired) electrons. The van der Waals surface area contributed by atoms with Crippen molar-refractivity contribution in [2.75, 3.05) is 31.6 Å². The van der Waals surface area contributed by atoms with Crippen LogP contribution in [0.25, 0.3) is 0 Å². The first-order valence-electron chi connectivity index (χ1n) is 7.66. The lowest BCUT2D eigenvalue weighted by atomic mass is 9.96. The average molecular weight is 288 g/mol. The maximum atomic E-state index is 12.4. The minimum Gasteiger partial charge on any atom is -0.444 e. The first kappa shape index (κ1) is 14.2. The molecule has 0 fully saturated rings. The van der Waals surface area contributed by atoms with Crippen LogP contribution >= 0.6 is 0 Å². The molecule has 0 saturated heterocycles. The normalized spacial score (nSPS) is 21.0. The maximum absolute atomic E-state index is 12.4. The van der Waals surface area contributed by atoms with Crippen LogP contribution in [0.1, 0.15) is 37.8 Å². The summed E-state index contributed by atoms with van der Waals surface area (Å²) in [6.07, 6.45) is 0.721. The lowest BCUT2D eigenvalue weighted by molar-refractivity contribution is 0.0248. The van der Waals surface area contributed by atoms with Crippen molar-refractivity contribution in [3.05, 3.63) is 29.3 Å². The Kier molecular flexibility index (Phi) is 3.34. The van der Waals surface area contributed by atoms with Crippen LogP contribution in [-0.2, 0) is 11.2 Å². The standard InChI is InChI=1S/C17H24N2O2/c1-17(2,3)21-16(20)19-9-8-12-6-5-7-14-15(12)13(11-19)10-18(14)4/h5-7,13H,8-11H2,1-4H3. The molecule has 21 heavy (non-hydrogen) atoms. The van der Waals surface area contributed by atoms with Crippen LogP contribution in [0.5, 0.6) is 0 Å². The Balaban J connectivity index is 1.83. The van der Waals surface area contributed by atoms with Crippen molar-refractivity contribution >= 4 is 11.8 Å². The molecule has 0 aromatic heterocycles. The summed E-state index contributed by atoms with van der Waals surface area (Å²) in [5, 5.41) is 0. The first-order valence-corrected chi connectivity index (χ1v) is 7.66. The third kappa shape index (κ3) is 2.71. The third-order valence-electron chi connectivity index (χ3n) is 4.23. The molecule has 0 bridgehead atoms. The molecule has 1 aromatic rings. The third-order valence-corrected chi connectivity index (χ3v) is 4.23. The van der Waals surface area contributed by atoms with Crippen molar-refractivity contribution in [2.45, 2.75) is 38.7 Å². The van der Waals surface area contributed by atoms with Crippen molar-refractivity contribution in [1.29, 1.82) is 0 Å². The summed E-state index contributed by atoms with van der Waals surface area (Å²) in [7, 11) is 2.13. The summed E-state index contributed by atoms with van der Waals surface area (Å²) in [6.45, 7) is 8.22. The number of anilines is 1. The van der Waals surface area contributed by atoms with Crippen LogP contribution in [0.3, 0.4) is 0 Å². The van der Waals surface area contributed by atoms with Crippen LogP contribution in [0.4, 0.5) is 10.5 Å². The van der Waals surface area contributed by atoms with Crippen molar-refractivity contribution in [3.63, 3.8) is 0 Å². The molecule has 4 nitrogen and oxygen atoms in total. The fourth-order valence-electron chi connectivity index (χ4n) is 3.40. The molecule has 0 spiro atoms. The highest BCUT2D eigenvalue weighted by molar-refractivity contribution is 5.70. The average Bonchev–Trinajstić information content (AvgIpc) is 2.59. The number of rotatable bonds is 0. The molecular formula is C17H24N2O2. The summed E-state index contributed by atoms with van der Waals surface area (Å²) >= 11 is 0. The van der Waals surface area contributed by atoms with Gasteiger partial charge in [-0.1, -0.05) is 12.1 Å². The predicted molar refractivity (Wildman–Crippen MR) is 84.0 cm³/mol. The Morgan fingerprint density at radius 2 is 2.05 bits per heavy atom. The van der Waals surface area contributed by atoms with Gasteiger partial charge in [-0.25, -0.2) is 4.79 Å². The minimum absolute atomic E-state index is 0.189. The van der Waals surface area contributed by atoms with E-state index >= 15 is 0 Å². The molecule has 2 heterocycles. The van der Waals surface area contributed by atoms with E-state index in [1.54, 1.807) is 0 Å². The highest BCUT2D eigenvalue weighted by Crippen LogP contribution is 2.40. The first-order chi connectivity index (χ1) is 9.85. The van der Waals surface area contributed by atoms with Gasteiger partial charge in [-0.05, 0) is 44.4 Å². The Hall–Kier alpha value is -1.71. The molecular weight excluding hydrogens is 264 g/mol. The summed E-state index contributed by atoms with van der Waals surface area (Å²) in [5.41, 5.74) is 3.70. The summed E-state index contributed by atoms with van der Waals surface area (Å²) < 4.78 is 5.54. The van der Waals surface area contributed by atoms with E-state index in [1.165, 1.54) is 16.8 Å². The topological polar surface area (TPSA) is 32.8 Å². The minimum atomic E-state index is -0.437. The second-order valence-corrected chi connectivity index (χ2v) is 7.10. The maximum Gasteiger partial charge on any atom is 0.410 e. The SMILES string of the molecule is CN1CC2CN(C(=O)OC(C)(C)C)CCc3cccc1c32. The largest absolute Gasteiger partial charge is 0.444 e. The zero-order valence-corrected chi connectivity index (χ0v) is 13.3. The molecule has 2 aliphatic rings. The van der Waals surface area contributed by atoms with E-state index in [9.17, 15) is 4.79 Å². The van der Waals surface area contributed by atoms with E-state index in [0.717, 1.165) is 26.1 Å². The van der Waals surface area contributed by atoms with Gasteiger partial charge in [0.2, 0.25) is 0 Å². The lowest BCUT2D eigenvalue weighted by Crippen LogP contribution is -2.39. The quantitative estimate of drug-likeness (QED) is 0.735. The van der Waals surface area contributed by atoms with E-state index in [2.05, 4.69) is 30.1 Å². The van der Waals surface area contributed by atoms with Crippen LogP contribution in [-0.4, -0.2) is 43.3 Å². The number of carbonyl (C=O) groups is 1. The molecule has 1 aromatic carbocycles. The van der Waals surface area contributed by atoms with Crippen molar-refractivity contribution in [1.82, 2.24) is 4.90 Å². The molecule has 114 valence electrons. The summed E-state index contributed by atoms with van der Waals surface area (Å²) in [4.78, 5) is 16.5. The van der Waals surface area contributed by atoms with E-state index in [1.807, 2.05) is 25.7 Å². The molecule has 0 aliphatic carbocycles. The number of hydrogen-bond acceptors (Lipinski definition) is 3. The van der Waals surface area contributed by atoms with Gasteiger partial charge in [-0.15, -0.1) is 0 Å². The van der Waals surface area contributed by atoms with Crippen LogP contribution in [0.15, 0.2) is 18.2 Å². The fourth-order valence-corrected chi connectivity index (χ4v) is 3.40. The summed E-state index contributed by atoms with van der Waals surface area (Å²) in [5.74, 6) is 0.399. The molecule has 4 heteroatoms. The van der Waals surface area contributed by atoms with Gasteiger partial charge < -0.3 is 14.5 Å². The zero-order valence-electron chi connectivity index (χ0n) is 13.3. The molecule has 3 rings (SSSR count). The Morgan fingerprint density at radius 1 is 1.29 bits per heavy atom. The number of amides is 1. The Labute approximate surface area is 126 Å². The number of likely N-dealkylation sites (N-methyl/N-ethyl adjacent to an activating group) is 1. The predicted octanol–water partition coefficient (Wildman–Crippen LogP) is 3.01. The molecule has 1 unspecified atom stereocenters. The lowest BCUT2D eigenvalue weighted by Gasteiger charge is -2.28. The second kappa shape index (κ2) is 4.93. The van der Waals surface area contributed by atoms with Crippen LogP contribution < -0.4 is 4.90 Å². The smallest absolute Gasteiger partial charge is 0.410 e. The van der Waals surface area contributed by atoms with Gasteiger partial charge in [0.25, 0.3) is 0 Å². The highest BCUT2D eigenvalue weighted by Gasteiger charge is 2.34. The Morgan fingerprint density at radius 3 is 2.76 bits per heavy atom. The number of hydrogen-bond donors (Lipinski definition) is 0. The molecule has 0 N–H and O–H groups in total. The molecule has 1 amide bonds. The molecule has 2 aliphatic heterocycles. The van der Waals surface area contributed by atoms with Gasteiger partial charge in [-0.2, -0.15) is 0 Å². The second-order valence-electron chi connectivity index (χ2n) is 7.10. The summed E-state index contributed by atoms with van der Waals surface area (Å²) in [6, 6.07) is 6.50. The highest BCUT2D eigenvalue weighted by atomic mass is 16.6. The Bertz CT molecular complexity index is 562. The van der Waals surface area contributed by atoms with Crippen molar-refractivity contribution in [3.8, 4) is 0 Å². The number of nitrogens with zero attached hydrogens (tertiary/aromatic N) is 2. The van der Waals surface area contributed by atoms with Gasteiger partial charge in [-0.3, -0.25) is 0 Å². The van der Waals surface area contributed by atoms with Gasteiger partial charge in [0.1, 0.15) is 5.60 Å². The number of ether oxygens (including phenoxy) is 1. The van der Waals surface area contributed by atoms with Crippen molar-refractivity contribution in [2.24, 2.45) is 0 Å².